The zero-order valence-electron chi connectivity index (χ0n) is 7.44. The van der Waals surface area contributed by atoms with Gasteiger partial charge in [-0.05, 0) is 31.7 Å². The summed E-state index contributed by atoms with van der Waals surface area (Å²) in [6, 6.07) is 0.150. The van der Waals surface area contributed by atoms with E-state index >= 15 is 0 Å². The number of halogens is 1. The molecule has 1 aliphatic carbocycles. The highest BCUT2D eigenvalue weighted by atomic mass is 19.1. The molecule has 1 fully saturated rings. The summed E-state index contributed by atoms with van der Waals surface area (Å²) < 4.78 is 13.0. The Balaban J connectivity index is 2.15. The predicted molar refractivity (Wildman–Crippen MR) is 45.4 cm³/mol. The summed E-state index contributed by atoms with van der Waals surface area (Å²) in [7, 11) is 0. The molecule has 1 saturated carbocycles. The molecule has 11 heavy (non-hydrogen) atoms. The van der Waals surface area contributed by atoms with Crippen LogP contribution in [0.25, 0.3) is 0 Å². The van der Waals surface area contributed by atoms with E-state index in [-0.39, 0.29) is 6.04 Å². The van der Waals surface area contributed by atoms with Crippen molar-refractivity contribution in [1.82, 2.24) is 5.32 Å². The van der Waals surface area contributed by atoms with Gasteiger partial charge in [-0.25, -0.2) is 4.39 Å². The molecule has 0 aromatic heterocycles. The Labute approximate surface area is 68.4 Å². The topological polar surface area (TPSA) is 12.0 Å². The first-order valence-electron chi connectivity index (χ1n) is 4.57. The number of rotatable bonds is 3. The lowest BCUT2D eigenvalue weighted by Crippen LogP contribution is -2.35. The molecular formula is C9H18FN. The molecule has 2 unspecified atom stereocenters. The normalized spacial score (nSPS) is 31.6. The summed E-state index contributed by atoms with van der Waals surface area (Å²) >= 11 is 0. The first-order chi connectivity index (χ1) is 5.20. The third-order valence-electron chi connectivity index (χ3n) is 2.22. The molecule has 0 aromatic rings. The monoisotopic (exact) mass is 159 g/mol. The molecule has 0 radical (unpaired) electrons. The highest BCUT2D eigenvalue weighted by Crippen LogP contribution is 2.21. The lowest BCUT2D eigenvalue weighted by molar-refractivity contribution is 0.274. The molecule has 0 saturated heterocycles. The van der Waals surface area contributed by atoms with E-state index in [1.807, 2.05) is 0 Å². The number of nitrogens with one attached hydrogen (secondary N) is 1. The van der Waals surface area contributed by atoms with Gasteiger partial charge in [-0.1, -0.05) is 13.8 Å². The Bertz CT molecular complexity index is 114. The second kappa shape index (κ2) is 4.05. The van der Waals surface area contributed by atoms with E-state index in [1.54, 1.807) is 0 Å². The molecule has 0 aliphatic heterocycles. The van der Waals surface area contributed by atoms with Crippen LogP contribution < -0.4 is 5.32 Å². The van der Waals surface area contributed by atoms with Gasteiger partial charge in [0.2, 0.25) is 0 Å². The molecule has 1 N–H and O–H groups in total. The predicted octanol–water partition coefficient (Wildman–Crippen LogP) is 2.12. The van der Waals surface area contributed by atoms with Gasteiger partial charge in [-0.3, -0.25) is 0 Å². The van der Waals surface area contributed by atoms with Crippen molar-refractivity contribution in [3.05, 3.63) is 0 Å². The zero-order valence-corrected chi connectivity index (χ0v) is 7.44. The van der Waals surface area contributed by atoms with Crippen molar-refractivity contribution in [3.8, 4) is 0 Å². The van der Waals surface area contributed by atoms with Crippen LogP contribution >= 0.6 is 0 Å². The Morgan fingerprint density at radius 2 is 2.18 bits per heavy atom. The van der Waals surface area contributed by atoms with Crippen LogP contribution in [0.2, 0.25) is 0 Å². The molecule has 2 atom stereocenters. The van der Waals surface area contributed by atoms with Gasteiger partial charge in [0.25, 0.3) is 0 Å². The van der Waals surface area contributed by atoms with Crippen LogP contribution in [0.3, 0.4) is 0 Å². The van der Waals surface area contributed by atoms with Gasteiger partial charge >= 0.3 is 0 Å². The summed E-state index contributed by atoms with van der Waals surface area (Å²) in [6.07, 6.45) is 2.24. The number of hydrogen-bond acceptors (Lipinski definition) is 1. The number of hydrogen-bond donors (Lipinski definition) is 1. The molecule has 0 heterocycles. The molecule has 1 nitrogen and oxygen atoms in total. The first kappa shape index (κ1) is 8.98. The Kier molecular flexibility index (Phi) is 3.31. The van der Waals surface area contributed by atoms with Crippen LogP contribution in [0.4, 0.5) is 4.39 Å². The SMILES string of the molecule is CC(C)CNC1CCCC1F. The lowest BCUT2D eigenvalue weighted by Gasteiger charge is -2.16. The molecule has 1 rings (SSSR count). The fraction of sp³-hybridized carbons (Fsp3) is 1.00. The van der Waals surface area contributed by atoms with Crippen molar-refractivity contribution in [1.29, 1.82) is 0 Å². The molecule has 66 valence electrons. The summed E-state index contributed by atoms with van der Waals surface area (Å²) in [4.78, 5) is 0. The summed E-state index contributed by atoms with van der Waals surface area (Å²) in [5.41, 5.74) is 0. The van der Waals surface area contributed by atoms with E-state index < -0.39 is 6.17 Å². The second-order valence-electron chi connectivity index (χ2n) is 3.86. The van der Waals surface area contributed by atoms with Crippen molar-refractivity contribution < 1.29 is 4.39 Å². The molecular weight excluding hydrogens is 141 g/mol. The Hall–Kier alpha value is -0.110. The van der Waals surface area contributed by atoms with Crippen molar-refractivity contribution >= 4 is 0 Å². The van der Waals surface area contributed by atoms with Gasteiger partial charge in [-0.15, -0.1) is 0 Å². The summed E-state index contributed by atoms with van der Waals surface area (Å²) in [5.74, 6) is 0.628. The molecule has 1 aliphatic rings. The fourth-order valence-corrected chi connectivity index (χ4v) is 1.53. The van der Waals surface area contributed by atoms with Crippen LogP contribution in [0, 0.1) is 5.92 Å². The van der Waals surface area contributed by atoms with Crippen LogP contribution in [0.1, 0.15) is 33.1 Å². The van der Waals surface area contributed by atoms with Gasteiger partial charge in [0.05, 0.1) is 0 Å². The smallest absolute Gasteiger partial charge is 0.115 e. The molecule has 0 spiro atoms. The lowest BCUT2D eigenvalue weighted by atomic mass is 10.2. The molecule has 0 amide bonds. The molecule has 0 bridgehead atoms. The average Bonchev–Trinajstić information content (AvgIpc) is 2.31. The fourth-order valence-electron chi connectivity index (χ4n) is 1.53. The maximum Gasteiger partial charge on any atom is 0.115 e. The second-order valence-corrected chi connectivity index (χ2v) is 3.86. The highest BCUT2D eigenvalue weighted by Gasteiger charge is 2.25. The minimum Gasteiger partial charge on any atom is -0.311 e. The largest absolute Gasteiger partial charge is 0.311 e. The standard InChI is InChI=1S/C9H18FN/c1-7(2)6-11-9-5-3-4-8(9)10/h7-9,11H,3-6H2,1-2H3. The molecule has 0 aromatic carbocycles. The highest BCUT2D eigenvalue weighted by molar-refractivity contribution is 4.82. The van der Waals surface area contributed by atoms with Crippen molar-refractivity contribution in [2.45, 2.75) is 45.3 Å². The quantitative estimate of drug-likeness (QED) is 0.665. The number of alkyl halides is 1. The maximum atomic E-state index is 13.0. The van der Waals surface area contributed by atoms with E-state index in [0.29, 0.717) is 5.92 Å². The van der Waals surface area contributed by atoms with Crippen molar-refractivity contribution in [3.63, 3.8) is 0 Å². The summed E-state index contributed by atoms with van der Waals surface area (Å²) in [6.45, 7) is 5.25. The third-order valence-corrected chi connectivity index (χ3v) is 2.22. The van der Waals surface area contributed by atoms with Crippen molar-refractivity contribution in [2.75, 3.05) is 6.54 Å². The van der Waals surface area contributed by atoms with Gasteiger partial charge < -0.3 is 5.32 Å². The summed E-state index contributed by atoms with van der Waals surface area (Å²) in [5, 5.41) is 3.26. The Morgan fingerprint density at radius 3 is 2.64 bits per heavy atom. The van der Waals surface area contributed by atoms with Crippen LogP contribution in [0.15, 0.2) is 0 Å². The van der Waals surface area contributed by atoms with Crippen molar-refractivity contribution in [2.24, 2.45) is 5.92 Å². The third kappa shape index (κ3) is 2.78. The van der Waals surface area contributed by atoms with E-state index in [2.05, 4.69) is 19.2 Å². The average molecular weight is 159 g/mol. The van der Waals surface area contributed by atoms with E-state index in [9.17, 15) is 4.39 Å². The van der Waals surface area contributed by atoms with Crippen LogP contribution in [-0.2, 0) is 0 Å². The van der Waals surface area contributed by atoms with Crippen LogP contribution in [0.5, 0.6) is 0 Å². The van der Waals surface area contributed by atoms with Gasteiger partial charge in [0.1, 0.15) is 6.17 Å². The minimum absolute atomic E-state index is 0.150. The van der Waals surface area contributed by atoms with Gasteiger partial charge in [-0.2, -0.15) is 0 Å². The first-order valence-corrected chi connectivity index (χ1v) is 4.57. The maximum absolute atomic E-state index is 13.0. The van der Waals surface area contributed by atoms with Gasteiger partial charge in [0.15, 0.2) is 0 Å². The molecule has 2 heteroatoms. The Morgan fingerprint density at radius 1 is 1.45 bits per heavy atom. The minimum atomic E-state index is -0.589. The zero-order chi connectivity index (χ0) is 8.27. The van der Waals surface area contributed by atoms with E-state index in [1.165, 1.54) is 0 Å². The van der Waals surface area contributed by atoms with E-state index in [4.69, 9.17) is 0 Å². The van der Waals surface area contributed by atoms with Crippen LogP contribution in [-0.4, -0.2) is 18.8 Å². The van der Waals surface area contributed by atoms with E-state index in [0.717, 1.165) is 25.8 Å². The van der Waals surface area contributed by atoms with Gasteiger partial charge in [0, 0.05) is 6.04 Å².